The molecular formula is C8H14O4. The van der Waals surface area contributed by atoms with Gasteiger partial charge in [-0.1, -0.05) is 13.8 Å². The van der Waals surface area contributed by atoms with Crippen LogP contribution in [-0.2, 0) is 14.3 Å². The molecule has 0 amide bonds. The molecule has 0 aromatic carbocycles. The van der Waals surface area contributed by atoms with Gasteiger partial charge in [-0.05, 0) is 0 Å². The van der Waals surface area contributed by atoms with Crippen LogP contribution in [0.2, 0.25) is 0 Å². The highest BCUT2D eigenvalue weighted by molar-refractivity contribution is 5.75. The van der Waals surface area contributed by atoms with Crippen molar-refractivity contribution in [2.75, 3.05) is 13.2 Å². The standard InChI is InChI=1S/C8H14O4/c1-7(2)4-11-8(3,6(9)10)12-5-7/h4-5H2,1-3H3,(H,9,10). The lowest BCUT2D eigenvalue weighted by atomic mass is 9.95. The van der Waals surface area contributed by atoms with Gasteiger partial charge in [-0.2, -0.15) is 0 Å². The summed E-state index contributed by atoms with van der Waals surface area (Å²) in [6.07, 6.45) is 0. The molecule has 1 aliphatic rings. The van der Waals surface area contributed by atoms with Gasteiger partial charge in [0, 0.05) is 12.3 Å². The second-order valence-electron chi connectivity index (χ2n) is 3.99. The molecule has 1 rings (SSSR count). The van der Waals surface area contributed by atoms with Gasteiger partial charge in [-0.25, -0.2) is 4.79 Å². The number of aliphatic carboxylic acids is 1. The summed E-state index contributed by atoms with van der Waals surface area (Å²) in [4.78, 5) is 10.6. The SMILES string of the molecule is CC1(C)COC(C)(C(=O)O)OC1. The predicted octanol–water partition coefficient (Wildman–Crippen LogP) is 0.860. The van der Waals surface area contributed by atoms with Crippen LogP contribution in [0.3, 0.4) is 0 Å². The van der Waals surface area contributed by atoms with Gasteiger partial charge < -0.3 is 14.6 Å². The summed E-state index contributed by atoms with van der Waals surface area (Å²) >= 11 is 0. The quantitative estimate of drug-likeness (QED) is 0.640. The number of rotatable bonds is 1. The molecule has 4 nitrogen and oxygen atoms in total. The topological polar surface area (TPSA) is 55.8 Å². The fraction of sp³-hybridized carbons (Fsp3) is 0.875. The molecule has 0 bridgehead atoms. The van der Waals surface area contributed by atoms with Crippen molar-refractivity contribution in [2.45, 2.75) is 26.6 Å². The van der Waals surface area contributed by atoms with E-state index in [2.05, 4.69) is 0 Å². The van der Waals surface area contributed by atoms with Gasteiger partial charge in [0.2, 0.25) is 0 Å². The lowest BCUT2D eigenvalue weighted by Crippen LogP contribution is -2.50. The Hall–Kier alpha value is -0.610. The first-order valence-corrected chi connectivity index (χ1v) is 3.87. The molecule has 1 fully saturated rings. The fourth-order valence-electron chi connectivity index (χ4n) is 0.873. The summed E-state index contributed by atoms with van der Waals surface area (Å²) in [5.74, 6) is -2.52. The minimum absolute atomic E-state index is 0.0883. The lowest BCUT2D eigenvalue weighted by Gasteiger charge is -2.38. The first kappa shape index (κ1) is 9.48. The number of carbonyl (C=O) groups is 1. The molecule has 70 valence electrons. The molecule has 12 heavy (non-hydrogen) atoms. The summed E-state index contributed by atoms with van der Waals surface area (Å²) in [5, 5.41) is 8.72. The van der Waals surface area contributed by atoms with E-state index >= 15 is 0 Å². The van der Waals surface area contributed by atoms with Crippen molar-refractivity contribution in [2.24, 2.45) is 5.41 Å². The molecule has 0 saturated carbocycles. The van der Waals surface area contributed by atoms with Gasteiger partial charge in [-0.15, -0.1) is 0 Å². The number of hydrogen-bond donors (Lipinski definition) is 1. The predicted molar refractivity (Wildman–Crippen MR) is 41.7 cm³/mol. The zero-order chi connectivity index (χ0) is 9.41. The molecule has 4 heteroatoms. The average molecular weight is 174 g/mol. The number of carboxylic acids is 1. The Balaban J connectivity index is 2.62. The maximum atomic E-state index is 10.6. The van der Waals surface area contributed by atoms with Crippen LogP contribution in [0, 0.1) is 5.41 Å². The number of carboxylic acid groups (broad SMARTS) is 1. The Labute approximate surface area is 71.5 Å². The van der Waals surface area contributed by atoms with Gasteiger partial charge in [0.15, 0.2) is 0 Å². The Morgan fingerprint density at radius 2 is 1.67 bits per heavy atom. The molecule has 0 atom stereocenters. The summed E-state index contributed by atoms with van der Waals surface area (Å²) in [6.45, 7) is 6.18. The van der Waals surface area contributed by atoms with E-state index < -0.39 is 11.8 Å². The number of ether oxygens (including phenoxy) is 2. The van der Waals surface area contributed by atoms with Crippen molar-refractivity contribution >= 4 is 5.97 Å². The maximum Gasteiger partial charge on any atom is 0.364 e. The minimum atomic E-state index is -1.45. The first-order chi connectivity index (χ1) is 5.36. The largest absolute Gasteiger partial charge is 0.477 e. The van der Waals surface area contributed by atoms with E-state index in [1.807, 2.05) is 13.8 Å². The molecule has 0 radical (unpaired) electrons. The van der Waals surface area contributed by atoms with Crippen molar-refractivity contribution in [1.82, 2.24) is 0 Å². The smallest absolute Gasteiger partial charge is 0.364 e. The van der Waals surface area contributed by atoms with Gasteiger partial charge in [0.25, 0.3) is 5.79 Å². The Morgan fingerprint density at radius 1 is 1.25 bits per heavy atom. The highest BCUT2D eigenvalue weighted by Gasteiger charge is 2.42. The van der Waals surface area contributed by atoms with Crippen LogP contribution >= 0.6 is 0 Å². The summed E-state index contributed by atoms with van der Waals surface area (Å²) in [7, 11) is 0. The van der Waals surface area contributed by atoms with Crippen LogP contribution < -0.4 is 0 Å². The molecule has 1 saturated heterocycles. The van der Waals surface area contributed by atoms with E-state index in [0.717, 1.165) is 0 Å². The zero-order valence-corrected chi connectivity index (χ0v) is 7.59. The van der Waals surface area contributed by atoms with Crippen LogP contribution in [-0.4, -0.2) is 30.1 Å². The third-order valence-electron chi connectivity index (χ3n) is 1.87. The second kappa shape index (κ2) is 2.71. The fourth-order valence-corrected chi connectivity index (χ4v) is 0.873. The van der Waals surface area contributed by atoms with Gasteiger partial charge in [0.1, 0.15) is 0 Å². The third-order valence-corrected chi connectivity index (χ3v) is 1.87. The third kappa shape index (κ3) is 1.76. The van der Waals surface area contributed by atoms with Crippen LogP contribution in [0.4, 0.5) is 0 Å². The molecule has 0 aliphatic carbocycles. The first-order valence-electron chi connectivity index (χ1n) is 3.87. The van der Waals surface area contributed by atoms with E-state index in [1.54, 1.807) is 0 Å². The van der Waals surface area contributed by atoms with Gasteiger partial charge in [-0.3, -0.25) is 0 Å². The van der Waals surface area contributed by atoms with E-state index in [0.29, 0.717) is 13.2 Å². The Kier molecular flexibility index (Phi) is 2.14. The van der Waals surface area contributed by atoms with Gasteiger partial charge >= 0.3 is 5.97 Å². The highest BCUT2D eigenvalue weighted by Crippen LogP contribution is 2.28. The van der Waals surface area contributed by atoms with Crippen molar-refractivity contribution in [3.63, 3.8) is 0 Å². The minimum Gasteiger partial charge on any atom is -0.477 e. The second-order valence-corrected chi connectivity index (χ2v) is 3.99. The summed E-state index contributed by atoms with van der Waals surface area (Å²) in [6, 6.07) is 0. The Bertz CT molecular complexity index is 187. The van der Waals surface area contributed by atoms with Crippen molar-refractivity contribution in [3.05, 3.63) is 0 Å². The average Bonchev–Trinajstić information content (AvgIpc) is 1.96. The van der Waals surface area contributed by atoms with Crippen LogP contribution in [0.1, 0.15) is 20.8 Å². The molecule has 0 unspecified atom stereocenters. The summed E-state index contributed by atoms with van der Waals surface area (Å²) < 4.78 is 10.2. The maximum absolute atomic E-state index is 10.6. The molecule has 0 spiro atoms. The number of hydrogen-bond acceptors (Lipinski definition) is 3. The van der Waals surface area contributed by atoms with E-state index in [-0.39, 0.29) is 5.41 Å². The molecule has 0 aromatic heterocycles. The zero-order valence-electron chi connectivity index (χ0n) is 7.59. The molecular weight excluding hydrogens is 160 g/mol. The van der Waals surface area contributed by atoms with Crippen LogP contribution in [0.15, 0.2) is 0 Å². The van der Waals surface area contributed by atoms with E-state index in [1.165, 1.54) is 6.92 Å². The van der Waals surface area contributed by atoms with Crippen molar-refractivity contribution < 1.29 is 19.4 Å². The molecule has 1 N–H and O–H groups in total. The highest BCUT2D eigenvalue weighted by atomic mass is 16.7. The molecule has 1 heterocycles. The molecule has 1 aliphatic heterocycles. The van der Waals surface area contributed by atoms with Gasteiger partial charge in [0.05, 0.1) is 13.2 Å². The van der Waals surface area contributed by atoms with Crippen LogP contribution in [0.5, 0.6) is 0 Å². The van der Waals surface area contributed by atoms with Crippen molar-refractivity contribution in [3.8, 4) is 0 Å². The Morgan fingerprint density at radius 3 is 2.00 bits per heavy atom. The monoisotopic (exact) mass is 174 g/mol. The lowest BCUT2D eigenvalue weighted by molar-refractivity contribution is -0.283. The normalized spacial score (nSPS) is 26.6. The van der Waals surface area contributed by atoms with E-state index in [4.69, 9.17) is 14.6 Å². The van der Waals surface area contributed by atoms with E-state index in [9.17, 15) is 4.79 Å². The van der Waals surface area contributed by atoms with Crippen molar-refractivity contribution in [1.29, 1.82) is 0 Å². The van der Waals surface area contributed by atoms with Crippen LogP contribution in [0.25, 0.3) is 0 Å². The molecule has 0 aromatic rings. The summed E-state index contributed by atoms with van der Waals surface area (Å²) in [5.41, 5.74) is -0.0883.